The summed E-state index contributed by atoms with van der Waals surface area (Å²) in [4.78, 5) is 67.1. The van der Waals surface area contributed by atoms with Gasteiger partial charge in [-0.15, -0.1) is 0 Å². The molecule has 1 fully saturated rings. The van der Waals surface area contributed by atoms with E-state index in [4.69, 9.17) is 0 Å². The summed E-state index contributed by atoms with van der Waals surface area (Å²) in [6.45, 7) is 4.84. The number of hydrogen-bond acceptors (Lipinski definition) is 6. The van der Waals surface area contributed by atoms with Gasteiger partial charge >= 0.3 is 0 Å². The highest BCUT2D eigenvalue weighted by Gasteiger charge is 2.56. The lowest BCUT2D eigenvalue weighted by atomic mass is 9.59. The monoisotopic (exact) mass is 521 g/mol. The summed E-state index contributed by atoms with van der Waals surface area (Å²) < 4.78 is 0. The number of allylic oxidation sites excluding steroid dienone is 6. The van der Waals surface area contributed by atoms with E-state index in [0.29, 0.717) is 40.0 Å². The number of ketones is 3. The highest BCUT2D eigenvalue weighted by atomic mass is 16.3. The molecule has 2 aromatic carbocycles. The molecule has 6 rings (SSSR count). The highest BCUT2D eigenvalue weighted by Crippen LogP contribution is 2.55. The number of Topliss-reactive ketones (excluding diaryl/α,β-unsaturated/α-hetero) is 2. The van der Waals surface area contributed by atoms with E-state index in [1.165, 1.54) is 17.9 Å². The third kappa shape index (κ3) is 3.67. The molecule has 0 unspecified atom stereocenters. The molecule has 2 amide bonds. The molecule has 4 atom stereocenters. The first-order valence-corrected chi connectivity index (χ1v) is 13.1. The highest BCUT2D eigenvalue weighted by molar-refractivity contribution is 6.25. The van der Waals surface area contributed by atoms with Crippen LogP contribution in [-0.2, 0) is 19.2 Å². The molecule has 0 radical (unpaired) electrons. The average molecular weight is 522 g/mol. The number of imide groups is 1. The van der Waals surface area contributed by atoms with Crippen LogP contribution in [0.5, 0.6) is 5.75 Å². The van der Waals surface area contributed by atoms with Gasteiger partial charge in [0.05, 0.1) is 17.5 Å². The second-order valence-corrected chi connectivity index (χ2v) is 10.9. The van der Waals surface area contributed by atoms with Crippen LogP contribution in [0.2, 0.25) is 0 Å². The van der Waals surface area contributed by atoms with E-state index in [1.54, 1.807) is 50.2 Å². The van der Waals surface area contributed by atoms with Crippen LogP contribution in [0, 0.1) is 24.7 Å². The van der Waals surface area contributed by atoms with Crippen molar-refractivity contribution in [3.8, 4) is 5.75 Å². The molecule has 0 bridgehead atoms. The van der Waals surface area contributed by atoms with Crippen molar-refractivity contribution in [2.75, 3.05) is 4.90 Å². The van der Waals surface area contributed by atoms with Gasteiger partial charge in [0.25, 0.3) is 0 Å². The molecule has 0 aromatic heterocycles. The summed E-state index contributed by atoms with van der Waals surface area (Å²) in [5.74, 6) is -3.27. The van der Waals surface area contributed by atoms with Gasteiger partial charge in [-0.2, -0.15) is 0 Å². The lowest BCUT2D eigenvalue weighted by molar-refractivity contribution is -0.123. The molecule has 0 saturated carbocycles. The predicted molar refractivity (Wildman–Crippen MR) is 143 cm³/mol. The zero-order valence-electron chi connectivity index (χ0n) is 21.9. The van der Waals surface area contributed by atoms with Gasteiger partial charge in [0.2, 0.25) is 11.8 Å². The summed E-state index contributed by atoms with van der Waals surface area (Å²) in [6, 6.07) is 11.6. The Labute approximate surface area is 225 Å². The van der Waals surface area contributed by atoms with E-state index < -0.39 is 23.7 Å². The molecule has 1 heterocycles. The van der Waals surface area contributed by atoms with Crippen molar-refractivity contribution in [1.82, 2.24) is 0 Å². The molecule has 196 valence electrons. The Morgan fingerprint density at radius 1 is 0.949 bits per heavy atom. The fourth-order valence-corrected chi connectivity index (χ4v) is 6.72. The number of hydrogen-bond donors (Lipinski definition) is 1. The number of anilines is 1. The number of phenolic OH excluding ortho intramolecular Hbond substituents is 1. The molecule has 3 aliphatic carbocycles. The quantitative estimate of drug-likeness (QED) is 0.275. The van der Waals surface area contributed by atoms with Crippen molar-refractivity contribution in [2.24, 2.45) is 17.8 Å². The largest absolute Gasteiger partial charge is 0.508 e. The second kappa shape index (κ2) is 8.83. The van der Waals surface area contributed by atoms with E-state index in [2.05, 4.69) is 0 Å². The summed E-state index contributed by atoms with van der Waals surface area (Å²) in [7, 11) is 0. The Balaban J connectivity index is 1.46. The van der Waals surface area contributed by atoms with Crippen molar-refractivity contribution < 1.29 is 29.1 Å². The number of rotatable bonds is 3. The first-order valence-electron chi connectivity index (χ1n) is 13.1. The van der Waals surface area contributed by atoms with Crippen LogP contribution in [0.3, 0.4) is 0 Å². The van der Waals surface area contributed by atoms with Gasteiger partial charge < -0.3 is 5.11 Å². The normalized spacial score (nSPS) is 26.2. The van der Waals surface area contributed by atoms with Gasteiger partial charge in [-0.05, 0) is 87.1 Å². The van der Waals surface area contributed by atoms with Crippen LogP contribution in [-0.4, -0.2) is 34.3 Å². The molecule has 7 nitrogen and oxygen atoms in total. The lowest BCUT2D eigenvalue weighted by Crippen LogP contribution is -2.39. The number of amides is 2. The summed E-state index contributed by atoms with van der Waals surface area (Å²) in [5.41, 5.74) is 4.35. The zero-order valence-corrected chi connectivity index (χ0v) is 21.9. The van der Waals surface area contributed by atoms with Gasteiger partial charge in [-0.3, -0.25) is 28.9 Å². The average Bonchev–Trinajstić information content (AvgIpc) is 3.17. The summed E-state index contributed by atoms with van der Waals surface area (Å²) >= 11 is 0. The first-order chi connectivity index (χ1) is 18.6. The van der Waals surface area contributed by atoms with Gasteiger partial charge in [0, 0.05) is 28.2 Å². The van der Waals surface area contributed by atoms with E-state index in [9.17, 15) is 29.1 Å². The number of nitrogens with zero attached hydrogens (tertiary/aromatic N) is 1. The fourth-order valence-electron chi connectivity index (χ4n) is 6.72. The summed E-state index contributed by atoms with van der Waals surface area (Å²) in [5, 5.41) is 10.1. The van der Waals surface area contributed by atoms with Gasteiger partial charge in [-0.25, -0.2) is 0 Å². The minimum absolute atomic E-state index is 0.110. The molecule has 7 heteroatoms. The van der Waals surface area contributed by atoms with E-state index in [1.807, 2.05) is 12.1 Å². The third-order valence-electron chi connectivity index (χ3n) is 8.65. The summed E-state index contributed by atoms with van der Waals surface area (Å²) in [6.07, 6.45) is 3.90. The Kier molecular flexibility index (Phi) is 5.64. The second-order valence-electron chi connectivity index (χ2n) is 10.9. The molecule has 2 aromatic rings. The van der Waals surface area contributed by atoms with Crippen molar-refractivity contribution >= 4 is 34.9 Å². The standard InChI is InChI=1S/C32H27NO6/c1-15-12-19(6-11-25(15)35)27-21-9-10-22-28(23(21)14-24-29(27)26(36)13-16(2)30(24)37)32(39)33(31(22)38)20-7-4-18(5-8-20)17(3)34/h4-9,11-13,22-23,27-28,35H,10,14H2,1-3H3/t22-,23+,27-,28-/m0/s1. The molecule has 1 saturated heterocycles. The maximum Gasteiger partial charge on any atom is 0.238 e. The predicted octanol–water partition coefficient (Wildman–Crippen LogP) is 4.54. The zero-order chi connectivity index (χ0) is 27.7. The lowest BCUT2D eigenvalue weighted by Gasteiger charge is -2.42. The SMILES string of the molecule is CC(=O)c1ccc(N2C(=O)[C@H]3[C@H](CC=C4[C@H](c5ccc(O)c(C)c5)C5=C(C[C@H]43)C(=O)C(C)=CC5=O)C2=O)cc1. The molecule has 1 N–H and O–H groups in total. The molecular weight excluding hydrogens is 494 g/mol. The van der Waals surface area contributed by atoms with Gasteiger partial charge in [0.1, 0.15) is 5.75 Å². The van der Waals surface area contributed by atoms with Crippen LogP contribution in [0.15, 0.2) is 76.9 Å². The molecule has 1 aliphatic heterocycles. The van der Waals surface area contributed by atoms with Gasteiger partial charge in [-0.1, -0.05) is 23.8 Å². The smallest absolute Gasteiger partial charge is 0.238 e. The van der Waals surface area contributed by atoms with Gasteiger partial charge in [0.15, 0.2) is 17.3 Å². The van der Waals surface area contributed by atoms with Crippen molar-refractivity contribution in [3.63, 3.8) is 0 Å². The maximum absolute atomic E-state index is 13.9. The van der Waals surface area contributed by atoms with E-state index in [0.717, 1.165) is 11.1 Å². The third-order valence-corrected chi connectivity index (χ3v) is 8.65. The number of aryl methyl sites for hydroxylation is 1. The topological polar surface area (TPSA) is 109 Å². The number of benzene rings is 2. The van der Waals surface area contributed by atoms with Crippen LogP contribution >= 0.6 is 0 Å². The number of phenols is 1. The fraction of sp³-hybridized carbons (Fsp3) is 0.281. The number of carbonyl (C=O) groups excluding carboxylic acids is 5. The van der Waals surface area contributed by atoms with E-state index in [-0.39, 0.29) is 41.3 Å². The van der Waals surface area contributed by atoms with Crippen molar-refractivity contribution in [3.05, 3.63) is 93.6 Å². The van der Waals surface area contributed by atoms with Crippen LogP contribution < -0.4 is 4.90 Å². The van der Waals surface area contributed by atoms with E-state index >= 15 is 0 Å². The Morgan fingerprint density at radius 3 is 2.33 bits per heavy atom. The molecule has 4 aliphatic rings. The first kappa shape index (κ1) is 24.9. The Bertz CT molecular complexity index is 1610. The maximum atomic E-state index is 13.9. The Hall–Kier alpha value is -4.39. The number of aromatic hydroxyl groups is 1. The van der Waals surface area contributed by atoms with Crippen LogP contribution in [0.25, 0.3) is 0 Å². The van der Waals surface area contributed by atoms with Crippen molar-refractivity contribution in [2.45, 2.75) is 39.5 Å². The molecular formula is C32H27NO6. The van der Waals surface area contributed by atoms with Crippen LogP contribution in [0.4, 0.5) is 5.69 Å². The Morgan fingerprint density at radius 2 is 1.67 bits per heavy atom. The molecule has 39 heavy (non-hydrogen) atoms. The van der Waals surface area contributed by atoms with Crippen molar-refractivity contribution in [1.29, 1.82) is 0 Å². The minimum Gasteiger partial charge on any atom is -0.508 e. The van der Waals surface area contributed by atoms with Crippen LogP contribution in [0.1, 0.15) is 54.1 Å². The minimum atomic E-state index is -0.672. The molecule has 0 spiro atoms. The number of fused-ring (bicyclic) bond motifs is 3. The number of carbonyl (C=O) groups is 5.